The van der Waals surface area contributed by atoms with E-state index in [0.29, 0.717) is 48.8 Å². The van der Waals surface area contributed by atoms with E-state index in [0.717, 1.165) is 25.7 Å². The second-order valence-corrected chi connectivity index (χ2v) is 8.97. The molecule has 0 aromatic rings. The average molecular weight is 427 g/mol. The van der Waals surface area contributed by atoms with Crippen LogP contribution in [-0.4, -0.2) is 69.5 Å². The van der Waals surface area contributed by atoms with Gasteiger partial charge in [-0.05, 0) is 50.7 Å². The van der Waals surface area contributed by atoms with E-state index in [1.54, 1.807) is 23.6 Å². The summed E-state index contributed by atoms with van der Waals surface area (Å²) in [7, 11) is 0. The maximum absolute atomic E-state index is 12.3. The molecular weight excluding hydrogens is 396 g/mol. The van der Waals surface area contributed by atoms with Gasteiger partial charge >= 0.3 is 11.8 Å². The molecule has 156 valence electrons. The van der Waals surface area contributed by atoms with Crippen LogP contribution in [0.1, 0.15) is 39.5 Å². The molecule has 0 unspecified atom stereocenters. The minimum Gasteiger partial charge on any atom is -0.333 e. The second kappa shape index (κ2) is 12.8. The van der Waals surface area contributed by atoms with Crippen molar-refractivity contribution in [2.75, 3.05) is 37.7 Å². The molecule has 0 aromatic carbocycles. The number of unbranched alkanes of at least 4 members (excludes halogenated alkanes) is 2. The quantitative estimate of drug-likeness (QED) is 0.271. The summed E-state index contributed by atoms with van der Waals surface area (Å²) in [5.74, 6) is 0.506. The lowest BCUT2D eigenvalue weighted by atomic mass is 10.2. The summed E-state index contributed by atoms with van der Waals surface area (Å²) in [4.78, 5) is 50.6. The molecule has 8 heteroatoms. The van der Waals surface area contributed by atoms with Gasteiger partial charge in [-0.15, -0.1) is 0 Å². The molecule has 0 aromatic heterocycles. The fourth-order valence-electron chi connectivity index (χ4n) is 2.53. The fourth-order valence-corrected chi connectivity index (χ4v) is 4.09. The van der Waals surface area contributed by atoms with Crippen LogP contribution in [0.25, 0.3) is 0 Å². The summed E-state index contributed by atoms with van der Waals surface area (Å²) >= 11 is 2.49. The third-order valence-corrected chi connectivity index (χ3v) is 6.41. The first-order chi connectivity index (χ1) is 13.2. The summed E-state index contributed by atoms with van der Waals surface area (Å²) in [6.45, 7) is 12.8. The van der Waals surface area contributed by atoms with Gasteiger partial charge in [0.05, 0.1) is 0 Å². The Bertz CT molecular complexity index is 580. The van der Waals surface area contributed by atoms with Crippen LogP contribution in [0.4, 0.5) is 0 Å². The minimum atomic E-state index is -0.441. The molecular formula is C20H30N2O4S2. The van der Waals surface area contributed by atoms with Crippen molar-refractivity contribution in [2.24, 2.45) is 0 Å². The van der Waals surface area contributed by atoms with Crippen LogP contribution in [-0.2, 0) is 19.2 Å². The zero-order valence-corrected chi connectivity index (χ0v) is 18.5. The van der Waals surface area contributed by atoms with Crippen LogP contribution >= 0.6 is 23.5 Å². The Labute approximate surface area is 176 Å². The Balaban J connectivity index is 2.21. The Morgan fingerprint density at radius 1 is 0.786 bits per heavy atom. The van der Waals surface area contributed by atoms with Crippen LogP contribution in [0.2, 0.25) is 0 Å². The van der Waals surface area contributed by atoms with Crippen LogP contribution in [0.15, 0.2) is 24.3 Å². The highest BCUT2D eigenvalue weighted by Crippen LogP contribution is 2.14. The summed E-state index contributed by atoms with van der Waals surface area (Å²) in [6.07, 6.45) is 3.16. The van der Waals surface area contributed by atoms with Crippen molar-refractivity contribution in [3.8, 4) is 0 Å². The van der Waals surface area contributed by atoms with Crippen molar-refractivity contribution < 1.29 is 19.2 Å². The number of rotatable bonds is 12. The fraction of sp³-hybridized carbons (Fsp3) is 0.600. The molecule has 6 nitrogen and oxygen atoms in total. The summed E-state index contributed by atoms with van der Waals surface area (Å²) in [6, 6.07) is 0. The SMILES string of the molecule is C=C(C)C(=O)SCCCCN1CCN(CCCCSC(=O)C(=C)C)C(=O)C1=O. The Kier molecular flexibility index (Phi) is 11.2. The number of hydrogen-bond donors (Lipinski definition) is 0. The Morgan fingerprint density at radius 2 is 1.14 bits per heavy atom. The molecule has 0 spiro atoms. The molecule has 1 aliphatic rings. The standard InChI is InChI=1S/C20H30N2O4S2/c1-15(2)19(25)27-13-7-5-9-21-11-12-22(18(24)17(21)23)10-6-8-14-28-20(26)16(3)4/h1,3,5-14H2,2,4H3. The van der Waals surface area contributed by atoms with E-state index in [9.17, 15) is 19.2 Å². The highest BCUT2D eigenvalue weighted by Gasteiger charge is 2.31. The van der Waals surface area contributed by atoms with E-state index in [1.807, 2.05) is 0 Å². The molecule has 1 saturated heterocycles. The molecule has 0 bridgehead atoms. The topological polar surface area (TPSA) is 74.8 Å². The van der Waals surface area contributed by atoms with Crippen molar-refractivity contribution in [3.05, 3.63) is 24.3 Å². The maximum atomic E-state index is 12.3. The van der Waals surface area contributed by atoms with Gasteiger partial charge in [0.25, 0.3) is 0 Å². The van der Waals surface area contributed by atoms with E-state index in [1.165, 1.54) is 23.5 Å². The van der Waals surface area contributed by atoms with Gasteiger partial charge in [0.1, 0.15) is 0 Å². The molecule has 1 fully saturated rings. The number of piperazine rings is 1. The van der Waals surface area contributed by atoms with Gasteiger partial charge in [0, 0.05) is 37.7 Å². The minimum absolute atomic E-state index is 0.00209. The van der Waals surface area contributed by atoms with Gasteiger partial charge in [-0.3, -0.25) is 19.2 Å². The maximum Gasteiger partial charge on any atom is 0.312 e. The van der Waals surface area contributed by atoms with E-state index in [4.69, 9.17) is 0 Å². The summed E-state index contributed by atoms with van der Waals surface area (Å²) in [5.41, 5.74) is 1.09. The number of thioether (sulfide) groups is 2. The number of hydrogen-bond acceptors (Lipinski definition) is 6. The zero-order chi connectivity index (χ0) is 21.1. The number of carbonyl (C=O) groups is 4. The molecule has 0 aliphatic carbocycles. The molecule has 1 rings (SSSR count). The van der Waals surface area contributed by atoms with Gasteiger partial charge in [-0.25, -0.2) is 0 Å². The lowest BCUT2D eigenvalue weighted by Gasteiger charge is -2.33. The molecule has 1 heterocycles. The van der Waals surface area contributed by atoms with Gasteiger partial charge in [0.2, 0.25) is 10.2 Å². The highest BCUT2D eigenvalue weighted by atomic mass is 32.2. The Morgan fingerprint density at radius 3 is 1.46 bits per heavy atom. The van der Waals surface area contributed by atoms with Crippen LogP contribution in [0.5, 0.6) is 0 Å². The van der Waals surface area contributed by atoms with Crippen molar-refractivity contribution in [1.82, 2.24) is 9.80 Å². The number of carbonyl (C=O) groups excluding carboxylic acids is 4. The molecule has 0 saturated carbocycles. The van der Waals surface area contributed by atoms with Crippen molar-refractivity contribution in [2.45, 2.75) is 39.5 Å². The third kappa shape index (κ3) is 8.65. The predicted octanol–water partition coefficient (Wildman–Crippen LogP) is 2.89. The predicted molar refractivity (Wildman–Crippen MR) is 116 cm³/mol. The van der Waals surface area contributed by atoms with E-state index < -0.39 is 11.8 Å². The van der Waals surface area contributed by atoms with Gasteiger partial charge in [-0.2, -0.15) is 0 Å². The van der Waals surface area contributed by atoms with E-state index >= 15 is 0 Å². The second-order valence-electron chi connectivity index (χ2n) is 6.83. The first-order valence-corrected chi connectivity index (χ1v) is 11.4. The normalized spacial score (nSPS) is 14.4. The third-order valence-electron chi connectivity index (χ3n) is 4.21. The number of nitrogens with zero attached hydrogens (tertiary/aromatic N) is 2. The van der Waals surface area contributed by atoms with Gasteiger partial charge in [-0.1, -0.05) is 36.7 Å². The molecule has 1 aliphatic heterocycles. The zero-order valence-electron chi connectivity index (χ0n) is 16.8. The van der Waals surface area contributed by atoms with Crippen molar-refractivity contribution in [1.29, 1.82) is 0 Å². The van der Waals surface area contributed by atoms with E-state index in [-0.39, 0.29) is 10.2 Å². The van der Waals surface area contributed by atoms with E-state index in [2.05, 4.69) is 13.2 Å². The highest BCUT2D eigenvalue weighted by molar-refractivity contribution is 8.14. The van der Waals surface area contributed by atoms with Crippen LogP contribution < -0.4 is 0 Å². The van der Waals surface area contributed by atoms with Crippen molar-refractivity contribution in [3.63, 3.8) is 0 Å². The monoisotopic (exact) mass is 426 g/mol. The lowest BCUT2D eigenvalue weighted by Crippen LogP contribution is -2.54. The van der Waals surface area contributed by atoms with Crippen LogP contribution in [0, 0.1) is 0 Å². The number of amides is 2. The smallest absolute Gasteiger partial charge is 0.312 e. The molecule has 0 atom stereocenters. The largest absolute Gasteiger partial charge is 0.333 e. The van der Waals surface area contributed by atoms with Crippen molar-refractivity contribution >= 4 is 45.6 Å². The summed E-state index contributed by atoms with van der Waals surface area (Å²) < 4.78 is 0. The van der Waals surface area contributed by atoms with Gasteiger partial charge < -0.3 is 9.80 Å². The summed E-state index contributed by atoms with van der Waals surface area (Å²) in [5, 5.41) is 0.00419. The first-order valence-electron chi connectivity index (χ1n) is 9.47. The lowest BCUT2D eigenvalue weighted by molar-refractivity contribution is -0.156. The average Bonchev–Trinajstić information content (AvgIpc) is 2.65. The van der Waals surface area contributed by atoms with Gasteiger partial charge in [0.15, 0.2) is 0 Å². The van der Waals surface area contributed by atoms with Crippen LogP contribution in [0.3, 0.4) is 0 Å². The molecule has 0 radical (unpaired) electrons. The molecule has 0 N–H and O–H groups in total. The molecule has 2 amide bonds. The Hall–Kier alpha value is -1.54. The molecule has 28 heavy (non-hydrogen) atoms. The first kappa shape index (κ1) is 24.5.